The van der Waals surface area contributed by atoms with E-state index in [1.807, 2.05) is 6.92 Å². The van der Waals surface area contributed by atoms with Gasteiger partial charge in [-0.25, -0.2) is 4.79 Å². The molecule has 22 heavy (non-hydrogen) atoms. The second-order valence-corrected chi connectivity index (χ2v) is 5.69. The number of hydrogen-bond donors (Lipinski definition) is 1. The van der Waals surface area contributed by atoms with Crippen molar-refractivity contribution in [3.05, 3.63) is 22.2 Å². The fourth-order valence-corrected chi connectivity index (χ4v) is 2.39. The average molecular weight is 372 g/mol. The molecular formula is C15H18BrNO5. The number of ether oxygens (including phenoxy) is 3. The summed E-state index contributed by atoms with van der Waals surface area (Å²) in [5.41, 5.74) is 0.284. The Kier molecular flexibility index (Phi) is 5.65. The standard InChI is InChI=1S/C15H18BrNO5/c1-3-21-14-11(16)6-9(7-12(14)20-2)15(19)22-8-13(18)17-10-4-5-10/h6-7,10H,3-5,8H2,1-2H3,(H,17,18). The third-order valence-electron chi connectivity index (χ3n) is 3.03. The Morgan fingerprint density at radius 2 is 2.09 bits per heavy atom. The van der Waals surface area contributed by atoms with Gasteiger partial charge in [-0.1, -0.05) is 0 Å². The molecule has 1 saturated carbocycles. The summed E-state index contributed by atoms with van der Waals surface area (Å²) in [4.78, 5) is 23.5. The second kappa shape index (κ2) is 7.49. The minimum atomic E-state index is -0.590. The van der Waals surface area contributed by atoms with Crippen LogP contribution in [0, 0.1) is 0 Å². The summed E-state index contributed by atoms with van der Waals surface area (Å²) in [7, 11) is 1.49. The molecule has 0 spiro atoms. The van der Waals surface area contributed by atoms with Crippen molar-refractivity contribution in [3.63, 3.8) is 0 Å². The lowest BCUT2D eigenvalue weighted by atomic mass is 10.2. The van der Waals surface area contributed by atoms with Crippen LogP contribution >= 0.6 is 15.9 Å². The Morgan fingerprint density at radius 3 is 2.68 bits per heavy atom. The van der Waals surface area contributed by atoms with Gasteiger partial charge in [0.1, 0.15) is 0 Å². The summed E-state index contributed by atoms with van der Waals surface area (Å²) >= 11 is 3.34. The van der Waals surface area contributed by atoms with Crippen molar-refractivity contribution in [1.82, 2.24) is 5.32 Å². The molecule has 0 bridgehead atoms. The third kappa shape index (κ3) is 4.37. The number of benzene rings is 1. The van der Waals surface area contributed by atoms with Crippen LogP contribution < -0.4 is 14.8 Å². The quantitative estimate of drug-likeness (QED) is 0.744. The van der Waals surface area contributed by atoms with Crippen LogP contribution in [0.5, 0.6) is 11.5 Å². The van der Waals surface area contributed by atoms with E-state index in [0.717, 1.165) is 12.8 Å². The summed E-state index contributed by atoms with van der Waals surface area (Å²) in [5.74, 6) is 0.0689. The van der Waals surface area contributed by atoms with Crippen LogP contribution in [-0.2, 0) is 9.53 Å². The zero-order valence-corrected chi connectivity index (χ0v) is 14.1. The van der Waals surface area contributed by atoms with Crippen LogP contribution in [0.2, 0.25) is 0 Å². The molecule has 7 heteroatoms. The lowest BCUT2D eigenvalue weighted by Gasteiger charge is -2.13. The number of carbonyl (C=O) groups excluding carboxylic acids is 2. The van der Waals surface area contributed by atoms with E-state index < -0.39 is 5.97 Å². The Morgan fingerprint density at radius 1 is 1.36 bits per heavy atom. The number of rotatable bonds is 7. The molecule has 1 aliphatic carbocycles. The molecule has 1 N–H and O–H groups in total. The number of hydrogen-bond acceptors (Lipinski definition) is 5. The van der Waals surface area contributed by atoms with Crippen LogP contribution in [0.4, 0.5) is 0 Å². The fourth-order valence-electron chi connectivity index (χ4n) is 1.83. The average Bonchev–Trinajstić information content (AvgIpc) is 3.30. The molecule has 1 amide bonds. The van der Waals surface area contributed by atoms with Gasteiger partial charge in [-0.3, -0.25) is 4.79 Å². The first kappa shape index (κ1) is 16.6. The van der Waals surface area contributed by atoms with Crippen molar-refractivity contribution < 1.29 is 23.8 Å². The molecule has 0 aliphatic heterocycles. The van der Waals surface area contributed by atoms with E-state index in [1.54, 1.807) is 6.07 Å². The molecule has 0 atom stereocenters. The van der Waals surface area contributed by atoms with E-state index in [1.165, 1.54) is 13.2 Å². The van der Waals surface area contributed by atoms with Gasteiger partial charge in [-0.15, -0.1) is 0 Å². The molecular weight excluding hydrogens is 354 g/mol. The normalized spacial score (nSPS) is 13.4. The number of amides is 1. The van der Waals surface area contributed by atoms with Crippen molar-refractivity contribution in [1.29, 1.82) is 0 Å². The molecule has 0 saturated heterocycles. The Balaban J connectivity index is 2.02. The second-order valence-electron chi connectivity index (χ2n) is 4.84. The van der Waals surface area contributed by atoms with E-state index >= 15 is 0 Å². The molecule has 6 nitrogen and oxygen atoms in total. The van der Waals surface area contributed by atoms with Gasteiger partial charge in [-0.05, 0) is 47.8 Å². The number of nitrogens with one attached hydrogen (secondary N) is 1. The first-order valence-electron chi connectivity index (χ1n) is 7.02. The highest BCUT2D eigenvalue weighted by Crippen LogP contribution is 2.36. The maximum atomic E-state index is 12.0. The largest absolute Gasteiger partial charge is 0.493 e. The number of methoxy groups -OCH3 is 1. The van der Waals surface area contributed by atoms with Gasteiger partial charge in [0, 0.05) is 6.04 Å². The van der Waals surface area contributed by atoms with Crippen molar-refractivity contribution >= 4 is 27.8 Å². The van der Waals surface area contributed by atoms with Gasteiger partial charge >= 0.3 is 5.97 Å². The molecule has 0 aromatic heterocycles. The maximum Gasteiger partial charge on any atom is 0.338 e. The zero-order valence-electron chi connectivity index (χ0n) is 12.5. The SMILES string of the molecule is CCOc1c(Br)cc(C(=O)OCC(=O)NC2CC2)cc1OC. The van der Waals surface area contributed by atoms with Gasteiger partial charge in [0.2, 0.25) is 0 Å². The monoisotopic (exact) mass is 371 g/mol. The van der Waals surface area contributed by atoms with Crippen LogP contribution in [-0.4, -0.2) is 38.2 Å². The molecule has 1 aromatic carbocycles. The van der Waals surface area contributed by atoms with Crippen LogP contribution in [0.1, 0.15) is 30.1 Å². The predicted octanol–water partition coefficient (Wildman–Crippen LogP) is 2.29. The molecule has 120 valence electrons. The molecule has 1 aliphatic rings. The van der Waals surface area contributed by atoms with Crippen molar-refractivity contribution in [2.75, 3.05) is 20.3 Å². The van der Waals surface area contributed by atoms with Gasteiger partial charge in [-0.2, -0.15) is 0 Å². The molecule has 1 aromatic rings. The first-order chi connectivity index (χ1) is 10.5. The summed E-state index contributed by atoms with van der Waals surface area (Å²) in [6.45, 7) is 2.04. The van der Waals surface area contributed by atoms with Crippen molar-refractivity contribution in [2.45, 2.75) is 25.8 Å². The highest BCUT2D eigenvalue weighted by atomic mass is 79.9. The van der Waals surface area contributed by atoms with Gasteiger partial charge in [0.05, 0.1) is 23.8 Å². The zero-order chi connectivity index (χ0) is 16.1. The topological polar surface area (TPSA) is 73.9 Å². The minimum Gasteiger partial charge on any atom is -0.493 e. The molecule has 0 radical (unpaired) electrons. The van der Waals surface area contributed by atoms with E-state index in [9.17, 15) is 9.59 Å². The van der Waals surface area contributed by atoms with Crippen molar-refractivity contribution in [2.24, 2.45) is 0 Å². The third-order valence-corrected chi connectivity index (χ3v) is 3.62. The highest BCUT2D eigenvalue weighted by Gasteiger charge is 2.24. The van der Waals surface area contributed by atoms with Gasteiger partial charge in [0.25, 0.3) is 5.91 Å². The molecule has 0 heterocycles. The smallest absolute Gasteiger partial charge is 0.338 e. The Bertz CT molecular complexity index is 571. The summed E-state index contributed by atoms with van der Waals surface area (Å²) in [6.07, 6.45) is 1.98. The van der Waals surface area contributed by atoms with Crippen molar-refractivity contribution in [3.8, 4) is 11.5 Å². The fraction of sp³-hybridized carbons (Fsp3) is 0.467. The predicted molar refractivity (Wildman–Crippen MR) is 83.3 cm³/mol. The first-order valence-corrected chi connectivity index (χ1v) is 7.81. The Labute approximate surface area is 137 Å². The Hall–Kier alpha value is -1.76. The van der Waals surface area contributed by atoms with E-state index in [2.05, 4.69) is 21.2 Å². The summed E-state index contributed by atoms with van der Waals surface area (Å²) < 4.78 is 16.3. The van der Waals surface area contributed by atoms with E-state index in [-0.39, 0.29) is 24.1 Å². The minimum absolute atomic E-state index is 0.242. The highest BCUT2D eigenvalue weighted by molar-refractivity contribution is 9.10. The lowest BCUT2D eigenvalue weighted by molar-refractivity contribution is -0.124. The molecule has 2 rings (SSSR count). The number of esters is 1. The van der Waals surface area contributed by atoms with Crippen LogP contribution in [0.15, 0.2) is 16.6 Å². The molecule has 0 unspecified atom stereocenters. The van der Waals surface area contributed by atoms with E-state index in [0.29, 0.717) is 22.6 Å². The van der Waals surface area contributed by atoms with Gasteiger partial charge in [0.15, 0.2) is 18.1 Å². The summed E-state index contributed by atoms with van der Waals surface area (Å²) in [6, 6.07) is 3.34. The van der Waals surface area contributed by atoms with Crippen LogP contribution in [0.3, 0.4) is 0 Å². The maximum absolute atomic E-state index is 12.0. The summed E-state index contributed by atoms with van der Waals surface area (Å²) in [5, 5.41) is 2.75. The molecule has 1 fully saturated rings. The number of carbonyl (C=O) groups is 2. The van der Waals surface area contributed by atoms with Crippen LogP contribution in [0.25, 0.3) is 0 Å². The van der Waals surface area contributed by atoms with Gasteiger partial charge < -0.3 is 19.5 Å². The number of halogens is 1. The van der Waals surface area contributed by atoms with E-state index in [4.69, 9.17) is 14.2 Å². The lowest BCUT2D eigenvalue weighted by Crippen LogP contribution is -2.30.